The molecule has 6 nitrogen and oxygen atoms in total. The average Bonchev–Trinajstić information content (AvgIpc) is 3.21. The van der Waals surface area contributed by atoms with Gasteiger partial charge < -0.3 is 9.84 Å². The van der Waals surface area contributed by atoms with Gasteiger partial charge in [0.2, 0.25) is 0 Å². The second kappa shape index (κ2) is 6.85. The van der Waals surface area contributed by atoms with Gasteiger partial charge in [0.15, 0.2) is 0 Å². The van der Waals surface area contributed by atoms with Crippen LogP contribution in [0.3, 0.4) is 0 Å². The second-order valence-corrected chi connectivity index (χ2v) is 7.67. The molecular formula is C20H25N3O3. The lowest BCUT2D eigenvalue weighted by atomic mass is 9.72. The van der Waals surface area contributed by atoms with Crippen molar-refractivity contribution in [3.8, 4) is 5.69 Å². The Bertz CT molecular complexity index is 795. The lowest BCUT2D eigenvalue weighted by Gasteiger charge is -2.36. The van der Waals surface area contributed by atoms with Crippen LogP contribution >= 0.6 is 0 Å². The van der Waals surface area contributed by atoms with Crippen molar-refractivity contribution in [2.45, 2.75) is 26.3 Å². The molecule has 1 aromatic heterocycles. The lowest BCUT2D eigenvalue weighted by Crippen LogP contribution is -2.40. The van der Waals surface area contributed by atoms with Gasteiger partial charge in [-0.05, 0) is 37.5 Å². The smallest absolute Gasteiger partial charge is 0.308 e. The van der Waals surface area contributed by atoms with Gasteiger partial charge in [0.25, 0.3) is 0 Å². The van der Waals surface area contributed by atoms with E-state index in [1.165, 1.54) is 5.56 Å². The van der Waals surface area contributed by atoms with Crippen molar-refractivity contribution < 1.29 is 14.6 Å². The first-order valence-electron chi connectivity index (χ1n) is 9.19. The molecule has 1 spiro atoms. The van der Waals surface area contributed by atoms with E-state index in [-0.39, 0.29) is 11.3 Å². The number of aliphatic carboxylic acids is 1. The van der Waals surface area contributed by atoms with E-state index in [0.717, 1.165) is 37.2 Å². The molecule has 1 aromatic carbocycles. The van der Waals surface area contributed by atoms with Crippen molar-refractivity contribution in [1.29, 1.82) is 0 Å². The average molecular weight is 355 g/mol. The minimum Gasteiger partial charge on any atom is -0.481 e. The van der Waals surface area contributed by atoms with Crippen LogP contribution in [0.5, 0.6) is 0 Å². The highest BCUT2D eigenvalue weighted by Crippen LogP contribution is 2.44. The van der Waals surface area contributed by atoms with Crippen LogP contribution in [0, 0.1) is 18.3 Å². The molecular weight excluding hydrogens is 330 g/mol. The van der Waals surface area contributed by atoms with Crippen molar-refractivity contribution in [2.24, 2.45) is 11.3 Å². The molecule has 26 heavy (non-hydrogen) atoms. The molecule has 2 aliphatic heterocycles. The van der Waals surface area contributed by atoms with Gasteiger partial charge in [-0.1, -0.05) is 12.1 Å². The first-order chi connectivity index (χ1) is 12.6. The SMILES string of the molecule is Cc1cccc(-n2cc(CN3CC(C(=O)O)C4(CCOCC4)C3)cn2)c1. The molecule has 6 heteroatoms. The Morgan fingerprint density at radius 1 is 1.38 bits per heavy atom. The zero-order valence-corrected chi connectivity index (χ0v) is 15.1. The van der Waals surface area contributed by atoms with Gasteiger partial charge in [-0.25, -0.2) is 4.68 Å². The van der Waals surface area contributed by atoms with E-state index in [1.54, 1.807) is 0 Å². The first kappa shape index (κ1) is 17.2. The molecule has 0 bridgehead atoms. The van der Waals surface area contributed by atoms with E-state index >= 15 is 0 Å². The molecule has 1 atom stereocenters. The summed E-state index contributed by atoms with van der Waals surface area (Å²) in [5.41, 5.74) is 3.21. The summed E-state index contributed by atoms with van der Waals surface area (Å²) in [4.78, 5) is 14.1. The lowest BCUT2D eigenvalue weighted by molar-refractivity contribution is -0.147. The van der Waals surface area contributed by atoms with Crippen LogP contribution in [0.25, 0.3) is 5.69 Å². The number of carbonyl (C=O) groups is 1. The summed E-state index contributed by atoms with van der Waals surface area (Å²) in [6, 6.07) is 8.23. The Balaban J connectivity index is 1.49. The highest BCUT2D eigenvalue weighted by atomic mass is 16.5. The predicted molar refractivity (Wildman–Crippen MR) is 97.2 cm³/mol. The maximum Gasteiger partial charge on any atom is 0.308 e. The van der Waals surface area contributed by atoms with E-state index in [0.29, 0.717) is 19.8 Å². The highest BCUT2D eigenvalue weighted by molar-refractivity contribution is 5.72. The number of aromatic nitrogens is 2. The van der Waals surface area contributed by atoms with E-state index in [9.17, 15) is 9.90 Å². The summed E-state index contributed by atoms with van der Waals surface area (Å²) in [5, 5.41) is 14.2. The summed E-state index contributed by atoms with van der Waals surface area (Å²) in [6.07, 6.45) is 5.60. The number of benzene rings is 1. The maximum absolute atomic E-state index is 11.8. The zero-order chi connectivity index (χ0) is 18.1. The molecule has 0 radical (unpaired) electrons. The molecule has 1 N–H and O–H groups in total. The standard InChI is InChI=1S/C20H25N3O3/c1-15-3-2-4-17(9-15)23-12-16(10-21-23)11-22-13-18(19(24)25)20(14-22)5-7-26-8-6-20/h2-4,9-10,12,18H,5-8,11,13-14H2,1H3,(H,24,25). The van der Waals surface area contributed by atoms with Crippen LogP contribution in [0.15, 0.2) is 36.7 Å². The predicted octanol–water partition coefficient (Wildman–Crippen LogP) is 2.49. The molecule has 0 saturated carbocycles. The highest BCUT2D eigenvalue weighted by Gasteiger charge is 2.50. The van der Waals surface area contributed by atoms with Gasteiger partial charge in [-0.2, -0.15) is 5.10 Å². The number of hydrogen-bond acceptors (Lipinski definition) is 4. The van der Waals surface area contributed by atoms with Crippen LogP contribution in [-0.2, 0) is 16.1 Å². The van der Waals surface area contributed by atoms with Crippen molar-refractivity contribution in [3.05, 3.63) is 47.8 Å². The first-order valence-corrected chi connectivity index (χ1v) is 9.19. The van der Waals surface area contributed by atoms with Crippen molar-refractivity contribution >= 4 is 5.97 Å². The molecule has 2 aromatic rings. The summed E-state index contributed by atoms with van der Waals surface area (Å²) < 4.78 is 7.36. The Morgan fingerprint density at radius 2 is 2.19 bits per heavy atom. The topological polar surface area (TPSA) is 67.6 Å². The van der Waals surface area contributed by atoms with Crippen molar-refractivity contribution in [2.75, 3.05) is 26.3 Å². The van der Waals surface area contributed by atoms with Gasteiger partial charge in [-0.3, -0.25) is 9.69 Å². The van der Waals surface area contributed by atoms with Crippen LogP contribution in [0.1, 0.15) is 24.0 Å². The summed E-state index contributed by atoms with van der Waals surface area (Å²) in [7, 11) is 0. The summed E-state index contributed by atoms with van der Waals surface area (Å²) >= 11 is 0. The number of likely N-dealkylation sites (tertiary alicyclic amines) is 1. The minimum absolute atomic E-state index is 0.142. The molecule has 2 fully saturated rings. The Morgan fingerprint density at radius 3 is 2.92 bits per heavy atom. The molecule has 3 heterocycles. The van der Waals surface area contributed by atoms with Crippen LogP contribution in [0.4, 0.5) is 0 Å². The number of rotatable bonds is 4. The maximum atomic E-state index is 11.8. The number of carboxylic acid groups (broad SMARTS) is 1. The summed E-state index contributed by atoms with van der Waals surface area (Å²) in [5.74, 6) is -0.983. The Hall–Kier alpha value is -2.18. The van der Waals surface area contributed by atoms with Crippen molar-refractivity contribution in [3.63, 3.8) is 0 Å². The fraction of sp³-hybridized carbons (Fsp3) is 0.500. The number of aryl methyl sites for hydroxylation is 1. The fourth-order valence-corrected chi connectivity index (χ4v) is 4.43. The van der Waals surface area contributed by atoms with E-state index < -0.39 is 5.97 Å². The van der Waals surface area contributed by atoms with Gasteiger partial charge in [0, 0.05) is 50.0 Å². The number of carboxylic acids is 1. The van der Waals surface area contributed by atoms with Crippen LogP contribution in [-0.4, -0.2) is 52.1 Å². The van der Waals surface area contributed by atoms with Crippen molar-refractivity contribution in [1.82, 2.24) is 14.7 Å². The monoisotopic (exact) mass is 355 g/mol. The third kappa shape index (κ3) is 3.27. The van der Waals surface area contributed by atoms with Gasteiger partial charge in [0.1, 0.15) is 0 Å². The van der Waals surface area contributed by atoms with E-state index in [4.69, 9.17) is 4.74 Å². The Labute approximate surface area is 153 Å². The number of ether oxygens (including phenoxy) is 1. The third-order valence-corrected chi connectivity index (χ3v) is 5.81. The van der Waals surface area contributed by atoms with Gasteiger partial charge in [0.05, 0.1) is 17.8 Å². The molecule has 2 aliphatic rings. The second-order valence-electron chi connectivity index (χ2n) is 7.67. The van der Waals surface area contributed by atoms with Crippen LogP contribution < -0.4 is 0 Å². The third-order valence-electron chi connectivity index (χ3n) is 5.81. The van der Waals surface area contributed by atoms with E-state index in [1.807, 2.05) is 29.2 Å². The number of hydrogen-bond donors (Lipinski definition) is 1. The van der Waals surface area contributed by atoms with E-state index in [2.05, 4.69) is 29.1 Å². The van der Waals surface area contributed by atoms with Gasteiger partial charge >= 0.3 is 5.97 Å². The quantitative estimate of drug-likeness (QED) is 0.913. The minimum atomic E-state index is -0.676. The molecule has 0 aliphatic carbocycles. The normalized spacial score (nSPS) is 22.7. The largest absolute Gasteiger partial charge is 0.481 e. The molecule has 2 saturated heterocycles. The fourth-order valence-electron chi connectivity index (χ4n) is 4.43. The molecule has 0 amide bonds. The molecule has 4 rings (SSSR count). The summed E-state index contributed by atoms with van der Waals surface area (Å²) in [6.45, 7) is 5.56. The van der Waals surface area contributed by atoms with Gasteiger partial charge in [-0.15, -0.1) is 0 Å². The molecule has 1 unspecified atom stereocenters. The Kier molecular flexibility index (Phi) is 4.54. The zero-order valence-electron chi connectivity index (χ0n) is 15.1. The van der Waals surface area contributed by atoms with Crippen LogP contribution in [0.2, 0.25) is 0 Å². The molecule has 138 valence electrons. The number of nitrogens with zero attached hydrogens (tertiary/aromatic N) is 3.